The lowest BCUT2D eigenvalue weighted by atomic mass is 10.1. The average molecular weight is 428 g/mol. The van der Waals surface area contributed by atoms with Crippen LogP contribution in [0.3, 0.4) is 0 Å². The smallest absolute Gasteiger partial charge is 0.272 e. The van der Waals surface area contributed by atoms with E-state index in [2.05, 4.69) is 36.7 Å². The molecule has 2 aromatic carbocycles. The maximum absolute atomic E-state index is 12.2. The van der Waals surface area contributed by atoms with Crippen LogP contribution in [0.4, 0.5) is 5.69 Å². The number of nitro benzene ring substituents is 1. The van der Waals surface area contributed by atoms with Gasteiger partial charge in [0.1, 0.15) is 5.69 Å². The molecule has 0 atom stereocenters. The highest BCUT2D eigenvalue weighted by molar-refractivity contribution is 9.10. The normalized spacial score (nSPS) is 11.3. The molecule has 0 spiro atoms. The second-order valence-electron chi connectivity index (χ2n) is 5.62. The monoisotopic (exact) mass is 427 g/mol. The van der Waals surface area contributed by atoms with E-state index in [0.29, 0.717) is 17.0 Å². The van der Waals surface area contributed by atoms with Crippen LogP contribution >= 0.6 is 15.9 Å². The molecular formula is C18H14BrN5O3. The first kappa shape index (κ1) is 18.5. The van der Waals surface area contributed by atoms with Gasteiger partial charge >= 0.3 is 0 Å². The van der Waals surface area contributed by atoms with Gasteiger partial charge in [-0.25, -0.2) is 5.43 Å². The summed E-state index contributed by atoms with van der Waals surface area (Å²) in [6.45, 7) is 1.70. The Labute approximate surface area is 162 Å². The van der Waals surface area contributed by atoms with E-state index in [1.165, 1.54) is 12.1 Å². The highest BCUT2D eigenvalue weighted by Crippen LogP contribution is 2.20. The highest BCUT2D eigenvalue weighted by atomic mass is 79.9. The van der Waals surface area contributed by atoms with Crippen molar-refractivity contribution in [2.45, 2.75) is 6.92 Å². The summed E-state index contributed by atoms with van der Waals surface area (Å²) >= 11 is 3.37. The molecule has 2 N–H and O–H groups in total. The number of carbonyl (C=O) groups excluding carboxylic acids is 1. The van der Waals surface area contributed by atoms with Crippen molar-refractivity contribution in [2.75, 3.05) is 0 Å². The molecule has 0 unspecified atom stereocenters. The number of halogens is 1. The number of hydrazone groups is 1. The van der Waals surface area contributed by atoms with Crippen molar-refractivity contribution in [1.82, 2.24) is 15.6 Å². The number of amides is 1. The Morgan fingerprint density at radius 1 is 1.19 bits per heavy atom. The molecular weight excluding hydrogens is 414 g/mol. The fraction of sp³-hybridized carbons (Fsp3) is 0.0556. The fourth-order valence-electron chi connectivity index (χ4n) is 2.29. The Kier molecular flexibility index (Phi) is 5.41. The molecule has 3 rings (SSSR count). The summed E-state index contributed by atoms with van der Waals surface area (Å²) in [6.07, 6.45) is 0. The van der Waals surface area contributed by atoms with Crippen LogP contribution in [0.25, 0.3) is 11.3 Å². The minimum Gasteiger partial charge on any atom is -0.272 e. The Hall–Kier alpha value is -3.33. The third-order valence-corrected chi connectivity index (χ3v) is 4.31. The van der Waals surface area contributed by atoms with Crippen LogP contribution in [0.15, 0.2) is 64.2 Å². The topological polar surface area (TPSA) is 113 Å². The molecule has 1 aromatic heterocycles. The number of carbonyl (C=O) groups is 1. The van der Waals surface area contributed by atoms with E-state index in [9.17, 15) is 14.9 Å². The van der Waals surface area contributed by atoms with E-state index in [0.717, 1.165) is 10.0 Å². The average Bonchev–Trinajstić information content (AvgIpc) is 3.16. The lowest BCUT2D eigenvalue weighted by Crippen LogP contribution is -2.19. The van der Waals surface area contributed by atoms with Crippen molar-refractivity contribution in [3.05, 3.63) is 80.4 Å². The molecule has 0 saturated heterocycles. The summed E-state index contributed by atoms with van der Waals surface area (Å²) in [4.78, 5) is 22.4. The van der Waals surface area contributed by atoms with E-state index < -0.39 is 10.8 Å². The number of nitrogens with zero attached hydrogens (tertiary/aromatic N) is 3. The Morgan fingerprint density at radius 2 is 1.85 bits per heavy atom. The zero-order valence-corrected chi connectivity index (χ0v) is 15.7. The number of benzene rings is 2. The van der Waals surface area contributed by atoms with E-state index in [-0.39, 0.29) is 11.4 Å². The van der Waals surface area contributed by atoms with Crippen molar-refractivity contribution in [3.63, 3.8) is 0 Å². The van der Waals surface area contributed by atoms with Crippen molar-refractivity contribution in [2.24, 2.45) is 5.10 Å². The second kappa shape index (κ2) is 7.92. The van der Waals surface area contributed by atoms with Crippen LogP contribution in [0, 0.1) is 10.1 Å². The molecule has 8 nitrogen and oxygen atoms in total. The summed E-state index contributed by atoms with van der Waals surface area (Å²) in [7, 11) is 0. The van der Waals surface area contributed by atoms with E-state index in [4.69, 9.17) is 0 Å². The minimum absolute atomic E-state index is 0.00600. The van der Waals surface area contributed by atoms with Gasteiger partial charge in [0, 0.05) is 22.2 Å². The highest BCUT2D eigenvalue weighted by Gasteiger charge is 2.11. The van der Waals surface area contributed by atoms with Crippen molar-refractivity contribution in [3.8, 4) is 11.3 Å². The molecule has 0 saturated carbocycles. The van der Waals surface area contributed by atoms with Gasteiger partial charge in [0.2, 0.25) is 0 Å². The third-order valence-electron chi connectivity index (χ3n) is 3.78. The Morgan fingerprint density at radius 3 is 2.48 bits per heavy atom. The summed E-state index contributed by atoms with van der Waals surface area (Å²) in [5, 5.41) is 21.5. The molecule has 0 aliphatic heterocycles. The number of hydrogen-bond donors (Lipinski definition) is 2. The number of aromatic nitrogens is 2. The van der Waals surface area contributed by atoms with Gasteiger partial charge < -0.3 is 0 Å². The standard InChI is InChI=1S/C18H14BrN5O3/c1-11(12-4-8-15(9-5-12)24(26)27)20-23-18(25)17-10-16(21-22-17)13-2-6-14(19)7-3-13/h2-10H,1H3,(H,21,22)(H,23,25)/b20-11-. The van der Waals surface area contributed by atoms with Gasteiger partial charge in [-0.3, -0.25) is 20.0 Å². The van der Waals surface area contributed by atoms with Crippen LogP contribution in [0.5, 0.6) is 0 Å². The molecule has 3 aromatic rings. The quantitative estimate of drug-likeness (QED) is 0.365. The number of non-ortho nitro benzene ring substituents is 1. The first-order valence-electron chi connectivity index (χ1n) is 7.85. The summed E-state index contributed by atoms with van der Waals surface area (Å²) < 4.78 is 0.954. The second-order valence-corrected chi connectivity index (χ2v) is 6.53. The van der Waals surface area contributed by atoms with Crippen molar-refractivity contribution < 1.29 is 9.72 Å². The molecule has 0 fully saturated rings. The van der Waals surface area contributed by atoms with Gasteiger partial charge in [-0.1, -0.05) is 28.1 Å². The Bertz CT molecular complexity index is 1010. The first-order valence-corrected chi connectivity index (χ1v) is 8.64. The number of H-pyrrole nitrogens is 1. The van der Waals surface area contributed by atoms with Gasteiger partial charge in [-0.15, -0.1) is 0 Å². The Balaban J connectivity index is 1.69. The minimum atomic E-state index is -0.473. The molecule has 0 radical (unpaired) electrons. The third kappa shape index (κ3) is 4.45. The van der Waals surface area contributed by atoms with Crippen LogP contribution in [-0.2, 0) is 0 Å². The zero-order chi connectivity index (χ0) is 19.4. The lowest BCUT2D eigenvalue weighted by Gasteiger charge is -2.01. The van der Waals surface area contributed by atoms with Crippen LogP contribution < -0.4 is 5.43 Å². The molecule has 0 aliphatic carbocycles. The molecule has 1 amide bonds. The molecule has 0 aliphatic rings. The largest absolute Gasteiger partial charge is 0.289 e. The number of rotatable bonds is 5. The SMILES string of the molecule is C/C(=N/NC(=O)c1cc(-c2ccc(Br)cc2)n[nH]1)c1ccc([N+](=O)[O-])cc1. The molecule has 27 heavy (non-hydrogen) atoms. The van der Waals surface area contributed by atoms with Crippen LogP contribution in [0.1, 0.15) is 23.0 Å². The van der Waals surface area contributed by atoms with Gasteiger partial charge in [0.05, 0.1) is 16.3 Å². The van der Waals surface area contributed by atoms with Crippen molar-refractivity contribution in [1.29, 1.82) is 0 Å². The van der Waals surface area contributed by atoms with Gasteiger partial charge in [-0.05, 0) is 42.8 Å². The summed E-state index contributed by atoms with van der Waals surface area (Å²) in [5.41, 5.74) is 5.41. The van der Waals surface area contributed by atoms with Gasteiger partial charge in [-0.2, -0.15) is 10.2 Å². The summed E-state index contributed by atoms with van der Waals surface area (Å²) in [6, 6.07) is 15.1. The maximum Gasteiger partial charge on any atom is 0.289 e. The lowest BCUT2D eigenvalue weighted by molar-refractivity contribution is -0.384. The molecule has 0 bridgehead atoms. The summed E-state index contributed by atoms with van der Waals surface area (Å²) in [5.74, 6) is -0.438. The molecule has 9 heteroatoms. The van der Waals surface area contributed by atoms with Crippen molar-refractivity contribution >= 4 is 33.2 Å². The molecule has 136 valence electrons. The predicted molar refractivity (Wildman–Crippen MR) is 104 cm³/mol. The van der Waals surface area contributed by atoms with E-state index in [1.807, 2.05) is 24.3 Å². The zero-order valence-electron chi connectivity index (χ0n) is 14.1. The van der Waals surface area contributed by atoms with E-state index >= 15 is 0 Å². The van der Waals surface area contributed by atoms with Gasteiger partial charge in [0.25, 0.3) is 11.6 Å². The number of hydrogen-bond acceptors (Lipinski definition) is 5. The molecule has 1 heterocycles. The van der Waals surface area contributed by atoms with Crippen LogP contribution in [-0.4, -0.2) is 26.7 Å². The number of nitro groups is 1. The number of aromatic amines is 1. The van der Waals surface area contributed by atoms with E-state index in [1.54, 1.807) is 25.1 Å². The maximum atomic E-state index is 12.2. The predicted octanol–water partition coefficient (Wildman–Crippen LogP) is 3.90. The first-order chi connectivity index (χ1) is 12.9. The van der Waals surface area contributed by atoms with Gasteiger partial charge in [0.15, 0.2) is 0 Å². The van der Waals surface area contributed by atoms with Crippen LogP contribution in [0.2, 0.25) is 0 Å². The fourth-order valence-corrected chi connectivity index (χ4v) is 2.55. The number of nitrogens with one attached hydrogen (secondary N) is 2.